The van der Waals surface area contributed by atoms with Gasteiger partial charge in [-0.1, -0.05) is 13.0 Å². The summed E-state index contributed by atoms with van der Waals surface area (Å²) in [5.41, 5.74) is 0.473. The van der Waals surface area contributed by atoms with Crippen molar-refractivity contribution >= 4 is 11.9 Å². The average molecular weight is 283 g/mol. The van der Waals surface area contributed by atoms with Crippen LogP contribution in [0.4, 0.5) is 4.39 Å². The highest BCUT2D eigenvalue weighted by molar-refractivity contribution is 5.84. The van der Waals surface area contributed by atoms with Gasteiger partial charge in [0.2, 0.25) is 5.91 Å². The highest BCUT2D eigenvalue weighted by atomic mass is 19.1. The van der Waals surface area contributed by atoms with Crippen molar-refractivity contribution in [2.75, 3.05) is 14.2 Å². The van der Waals surface area contributed by atoms with Gasteiger partial charge in [0.25, 0.3) is 0 Å². The highest BCUT2D eigenvalue weighted by Gasteiger charge is 2.24. The minimum absolute atomic E-state index is 0.0544. The Morgan fingerprint density at radius 3 is 2.55 bits per heavy atom. The van der Waals surface area contributed by atoms with Gasteiger partial charge in [0.1, 0.15) is 6.04 Å². The standard InChI is InChI=1S/C14H18FNO4/c1-4-11(14(18)19)16(2)13(17)8-9-5-6-12(20-3)10(15)7-9/h5-7,11H,4,8H2,1-3H3,(H,18,19). The number of amides is 1. The Hall–Kier alpha value is -2.11. The lowest BCUT2D eigenvalue weighted by atomic mass is 10.1. The van der Waals surface area contributed by atoms with E-state index in [-0.39, 0.29) is 18.1 Å². The maximum atomic E-state index is 13.5. The predicted molar refractivity (Wildman–Crippen MR) is 71.1 cm³/mol. The van der Waals surface area contributed by atoms with E-state index in [1.807, 2.05) is 0 Å². The van der Waals surface area contributed by atoms with Crippen LogP contribution < -0.4 is 4.74 Å². The summed E-state index contributed by atoms with van der Waals surface area (Å²) in [6.07, 6.45) is 0.260. The van der Waals surface area contributed by atoms with Crippen LogP contribution in [0.5, 0.6) is 5.75 Å². The Morgan fingerprint density at radius 1 is 1.45 bits per heavy atom. The van der Waals surface area contributed by atoms with Crippen LogP contribution in [0.2, 0.25) is 0 Å². The fraction of sp³-hybridized carbons (Fsp3) is 0.429. The number of carboxylic acids is 1. The van der Waals surface area contributed by atoms with E-state index < -0.39 is 17.8 Å². The maximum Gasteiger partial charge on any atom is 0.326 e. The number of likely N-dealkylation sites (N-methyl/N-ethyl adjacent to an activating group) is 1. The van der Waals surface area contributed by atoms with Crippen molar-refractivity contribution in [2.24, 2.45) is 0 Å². The molecule has 1 amide bonds. The summed E-state index contributed by atoms with van der Waals surface area (Å²) in [7, 11) is 2.79. The molecule has 0 bridgehead atoms. The number of nitrogens with zero attached hydrogens (tertiary/aromatic N) is 1. The van der Waals surface area contributed by atoms with Gasteiger partial charge in [-0.2, -0.15) is 0 Å². The van der Waals surface area contributed by atoms with Gasteiger partial charge in [0.15, 0.2) is 11.6 Å². The summed E-state index contributed by atoms with van der Waals surface area (Å²) in [5, 5.41) is 9.00. The molecule has 1 atom stereocenters. The number of hydrogen-bond donors (Lipinski definition) is 1. The SMILES string of the molecule is CCC(C(=O)O)N(C)C(=O)Cc1ccc(OC)c(F)c1. The van der Waals surface area contributed by atoms with Gasteiger partial charge in [0, 0.05) is 7.05 Å². The molecule has 1 rings (SSSR count). The first kappa shape index (κ1) is 15.9. The molecule has 0 heterocycles. The second-order valence-electron chi connectivity index (χ2n) is 4.41. The normalized spacial score (nSPS) is 11.8. The van der Waals surface area contributed by atoms with Gasteiger partial charge >= 0.3 is 5.97 Å². The second-order valence-corrected chi connectivity index (χ2v) is 4.41. The van der Waals surface area contributed by atoms with Crippen LogP contribution >= 0.6 is 0 Å². The van der Waals surface area contributed by atoms with Crippen molar-refractivity contribution in [3.8, 4) is 5.75 Å². The molecule has 1 aromatic rings. The van der Waals surface area contributed by atoms with E-state index in [0.717, 1.165) is 0 Å². The average Bonchev–Trinajstić information content (AvgIpc) is 2.39. The number of methoxy groups -OCH3 is 1. The van der Waals surface area contributed by atoms with Crippen LogP contribution in [0, 0.1) is 5.82 Å². The monoisotopic (exact) mass is 283 g/mol. The van der Waals surface area contributed by atoms with E-state index in [1.54, 1.807) is 13.0 Å². The van der Waals surface area contributed by atoms with Gasteiger partial charge < -0.3 is 14.7 Å². The number of hydrogen-bond acceptors (Lipinski definition) is 3. The zero-order chi connectivity index (χ0) is 15.3. The molecule has 1 unspecified atom stereocenters. The van der Waals surface area contributed by atoms with E-state index in [1.165, 1.54) is 31.2 Å². The van der Waals surface area contributed by atoms with Gasteiger partial charge in [-0.05, 0) is 24.1 Å². The summed E-state index contributed by atoms with van der Waals surface area (Å²) in [6.45, 7) is 1.69. The van der Waals surface area contributed by atoms with Gasteiger partial charge in [-0.15, -0.1) is 0 Å². The number of rotatable bonds is 6. The Bertz CT molecular complexity index is 504. The van der Waals surface area contributed by atoms with Crippen molar-refractivity contribution in [2.45, 2.75) is 25.8 Å². The molecule has 0 aliphatic rings. The Labute approximate surface area is 117 Å². The second kappa shape index (κ2) is 6.88. The lowest BCUT2D eigenvalue weighted by Gasteiger charge is -2.23. The van der Waals surface area contributed by atoms with Crippen molar-refractivity contribution < 1.29 is 23.8 Å². The zero-order valence-corrected chi connectivity index (χ0v) is 11.7. The molecule has 5 nitrogen and oxygen atoms in total. The number of carbonyl (C=O) groups excluding carboxylic acids is 1. The molecule has 0 saturated carbocycles. The highest BCUT2D eigenvalue weighted by Crippen LogP contribution is 2.18. The minimum atomic E-state index is -1.05. The van der Waals surface area contributed by atoms with Crippen molar-refractivity contribution in [1.82, 2.24) is 4.90 Å². The number of carboxylic acid groups (broad SMARTS) is 1. The summed E-state index contributed by atoms with van der Waals surface area (Å²) >= 11 is 0. The topological polar surface area (TPSA) is 66.8 Å². The molecule has 0 radical (unpaired) electrons. The number of halogens is 1. The first-order valence-electron chi connectivity index (χ1n) is 6.21. The van der Waals surface area contributed by atoms with Crippen LogP contribution in [0.15, 0.2) is 18.2 Å². The van der Waals surface area contributed by atoms with Crippen LogP contribution in [-0.2, 0) is 16.0 Å². The summed E-state index contributed by atoms with van der Waals surface area (Å²) in [4.78, 5) is 24.2. The lowest BCUT2D eigenvalue weighted by Crippen LogP contribution is -2.42. The number of benzene rings is 1. The molecule has 1 aromatic carbocycles. The maximum absolute atomic E-state index is 13.5. The number of carbonyl (C=O) groups is 2. The fourth-order valence-electron chi connectivity index (χ4n) is 1.91. The van der Waals surface area contributed by atoms with E-state index in [2.05, 4.69) is 0 Å². The van der Waals surface area contributed by atoms with Crippen LogP contribution in [-0.4, -0.2) is 42.1 Å². The molecule has 0 aliphatic carbocycles. The van der Waals surface area contributed by atoms with Crippen LogP contribution in [0.3, 0.4) is 0 Å². The van der Waals surface area contributed by atoms with E-state index in [4.69, 9.17) is 9.84 Å². The first-order chi connectivity index (χ1) is 9.40. The van der Waals surface area contributed by atoms with Crippen LogP contribution in [0.1, 0.15) is 18.9 Å². The first-order valence-corrected chi connectivity index (χ1v) is 6.21. The van der Waals surface area contributed by atoms with Crippen LogP contribution in [0.25, 0.3) is 0 Å². The summed E-state index contributed by atoms with van der Waals surface area (Å²) in [6, 6.07) is 3.36. The van der Waals surface area contributed by atoms with Gasteiger partial charge in [-0.3, -0.25) is 4.79 Å². The summed E-state index contributed by atoms with van der Waals surface area (Å²) in [5.74, 6) is -1.87. The third-order valence-electron chi connectivity index (χ3n) is 3.10. The zero-order valence-electron chi connectivity index (χ0n) is 11.7. The quantitative estimate of drug-likeness (QED) is 0.863. The van der Waals surface area contributed by atoms with E-state index in [9.17, 15) is 14.0 Å². The molecule has 6 heteroatoms. The Balaban J connectivity index is 2.80. The molecule has 110 valence electrons. The van der Waals surface area contributed by atoms with Crippen molar-refractivity contribution in [3.63, 3.8) is 0 Å². The third-order valence-corrected chi connectivity index (χ3v) is 3.10. The molecule has 0 saturated heterocycles. The van der Waals surface area contributed by atoms with Crippen molar-refractivity contribution in [1.29, 1.82) is 0 Å². The minimum Gasteiger partial charge on any atom is -0.494 e. The van der Waals surface area contributed by atoms with Gasteiger partial charge in [-0.25, -0.2) is 9.18 Å². The third kappa shape index (κ3) is 3.69. The fourth-order valence-corrected chi connectivity index (χ4v) is 1.91. The molecule has 0 fully saturated rings. The van der Waals surface area contributed by atoms with E-state index >= 15 is 0 Å². The predicted octanol–water partition coefficient (Wildman–Crippen LogP) is 1.70. The van der Waals surface area contributed by atoms with E-state index in [0.29, 0.717) is 12.0 Å². The number of ether oxygens (including phenoxy) is 1. The molecular formula is C14H18FNO4. The Kier molecular flexibility index (Phi) is 5.49. The Morgan fingerprint density at radius 2 is 2.10 bits per heavy atom. The molecular weight excluding hydrogens is 265 g/mol. The molecule has 1 N–H and O–H groups in total. The molecule has 20 heavy (non-hydrogen) atoms. The molecule has 0 aromatic heterocycles. The largest absolute Gasteiger partial charge is 0.494 e. The number of aliphatic carboxylic acids is 1. The van der Waals surface area contributed by atoms with Crippen molar-refractivity contribution in [3.05, 3.63) is 29.6 Å². The smallest absolute Gasteiger partial charge is 0.326 e. The summed E-state index contributed by atoms with van der Waals surface area (Å²) < 4.78 is 18.3. The molecule has 0 spiro atoms. The lowest BCUT2D eigenvalue weighted by molar-refractivity contribution is -0.148. The van der Waals surface area contributed by atoms with Gasteiger partial charge in [0.05, 0.1) is 13.5 Å². The molecule has 0 aliphatic heterocycles.